The molecule has 0 aliphatic heterocycles. The zero-order valence-corrected chi connectivity index (χ0v) is 9.44. The molecule has 2 unspecified atom stereocenters. The van der Waals surface area contributed by atoms with Crippen LogP contribution in [0.15, 0.2) is 23.5 Å². The van der Waals surface area contributed by atoms with Crippen molar-refractivity contribution in [3.63, 3.8) is 0 Å². The Balaban J connectivity index is 3.22. The Morgan fingerprint density at radius 1 is 1.53 bits per heavy atom. The van der Waals surface area contributed by atoms with E-state index in [1.165, 1.54) is 0 Å². The van der Waals surface area contributed by atoms with Gasteiger partial charge in [-0.2, -0.15) is 17.6 Å². The summed E-state index contributed by atoms with van der Waals surface area (Å²) in [7, 11) is 0. The van der Waals surface area contributed by atoms with Gasteiger partial charge in [-0.15, -0.1) is 0 Å². The number of hydrogen-bond acceptors (Lipinski definition) is 3. The smallest absolute Gasteiger partial charge is 0.423 e. The van der Waals surface area contributed by atoms with Gasteiger partial charge in [0.05, 0.1) is 11.3 Å². The number of nitrogens with zero attached hydrogens (tertiary/aromatic N) is 1. The summed E-state index contributed by atoms with van der Waals surface area (Å²) in [6.45, 7) is 0. The third-order valence-corrected chi connectivity index (χ3v) is 2.34. The summed E-state index contributed by atoms with van der Waals surface area (Å²) >= 11 is 4.36. The standard InChI is InChI=1S/C8H4ClF6NO3/c9-6(12)8(14,15)19-4-3(10)1-2-7(13,5(4)11)16(17)18/h1,6H,2H2. The lowest BCUT2D eigenvalue weighted by molar-refractivity contribution is -0.596. The third-order valence-electron chi connectivity index (χ3n) is 2.09. The SMILES string of the molecule is O=[N+]([O-])C1(F)CC=C(F)C(OC(F)(F)C(F)Cl)=C1F. The maximum atomic E-state index is 13.5. The van der Waals surface area contributed by atoms with Gasteiger partial charge in [-0.1, -0.05) is 11.6 Å². The molecule has 108 valence electrons. The van der Waals surface area contributed by atoms with Gasteiger partial charge in [-0.3, -0.25) is 10.1 Å². The van der Waals surface area contributed by atoms with Crippen molar-refractivity contribution in [3.8, 4) is 0 Å². The van der Waals surface area contributed by atoms with E-state index in [9.17, 15) is 36.5 Å². The van der Waals surface area contributed by atoms with Gasteiger partial charge < -0.3 is 4.74 Å². The summed E-state index contributed by atoms with van der Waals surface area (Å²) in [5.41, 5.74) is -3.49. The highest BCUT2D eigenvalue weighted by molar-refractivity contribution is 6.20. The van der Waals surface area contributed by atoms with E-state index in [0.29, 0.717) is 0 Å². The summed E-state index contributed by atoms with van der Waals surface area (Å²) in [6, 6.07) is 0. The highest BCUT2D eigenvalue weighted by atomic mass is 35.5. The van der Waals surface area contributed by atoms with Crippen LogP contribution in [-0.4, -0.2) is 22.5 Å². The number of allylic oxidation sites excluding steroid dienone is 1. The number of halogens is 7. The molecule has 0 aromatic heterocycles. The van der Waals surface area contributed by atoms with Crippen molar-refractivity contribution in [1.82, 2.24) is 0 Å². The Kier molecular flexibility index (Phi) is 4.03. The molecule has 0 amide bonds. The molecule has 0 bridgehead atoms. The monoisotopic (exact) mass is 311 g/mol. The van der Waals surface area contributed by atoms with Crippen LogP contribution in [0.25, 0.3) is 0 Å². The van der Waals surface area contributed by atoms with Gasteiger partial charge in [0.1, 0.15) is 0 Å². The molecule has 0 heterocycles. The van der Waals surface area contributed by atoms with E-state index in [0.717, 1.165) is 0 Å². The number of ether oxygens (including phenoxy) is 1. The van der Waals surface area contributed by atoms with Crippen LogP contribution >= 0.6 is 11.6 Å². The van der Waals surface area contributed by atoms with Gasteiger partial charge in [0.25, 0.3) is 11.5 Å². The van der Waals surface area contributed by atoms with Crippen LogP contribution in [0.3, 0.4) is 0 Å². The van der Waals surface area contributed by atoms with Crippen molar-refractivity contribution in [1.29, 1.82) is 0 Å². The van der Waals surface area contributed by atoms with E-state index in [1.54, 1.807) is 0 Å². The van der Waals surface area contributed by atoms with Crippen molar-refractivity contribution < 1.29 is 36.0 Å². The topological polar surface area (TPSA) is 52.4 Å². The first kappa shape index (κ1) is 15.6. The van der Waals surface area contributed by atoms with E-state index in [-0.39, 0.29) is 6.08 Å². The van der Waals surface area contributed by atoms with Gasteiger partial charge in [0.2, 0.25) is 5.76 Å². The molecule has 1 aliphatic rings. The molecule has 4 nitrogen and oxygen atoms in total. The molecule has 0 aromatic carbocycles. The molecule has 19 heavy (non-hydrogen) atoms. The molecule has 2 atom stereocenters. The fourth-order valence-corrected chi connectivity index (χ4v) is 1.16. The van der Waals surface area contributed by atoms with Gasteiger partial charge in [0.15, 0.2) is 5.83 Å². The van der Waals surface area contributed by atoms with Crippen molar-refractivity contribution in [2.45, 2.75) is 24.0 Å². The average Bonchev–Trinajstić information content (AvgIpc) is 2.29. The van der Waals surface area contributed by atoms with Crippen LogP contribution in [0.1, 0.15) is 6.42 Å². The Labute approximate surface area is 106 Å². The van der Waals surface area contributed by atoms with Crippen molar-refractivity contribution in [2.75, 3.05) is 0 Å². The molecule has 1 rings (SSSR count). The summed E-state index contributed by atoms with van der Waals surface area (Å²) in [5.74, 6) is -10.4. The van der Waals surface area contributed by atoms with Crippen molar-refractivity contribution in [2.24, 2.45) is 0 Å². The molecule has 0 saturated carbocycles. The minimum Gasteiger partial charge on any atom is -0.423 e. The largest absolute Gasteiger partial charge is 0.444 e. The summed E-state index contributed by atoms with van der Waals surface area (Å²) in [5, 5.41) is 10.3. The molecule has 0 radical (unpaired) electrons. The number of alkyl halides is 5. The first-order chi connectivity index (χ1) is 8.52. The Morgan fingerprint density at radius 2 is 2.05 bits per heavy atom. The molecule has 0 N–H and O–H groups in total. The van der Waals surface area contributed by atoms with Crippen molar-refractivity contribution >= 4 is 11.6 Å². The van der Waals surface area contributed by atoms with Crippen LogP contribution in [-0.2, 0) is 4.74 Å². The molecule has 11 heteroatoms. The minimum absolute atomic E-state index is 0.124. The Hall–Kier alpha value is -1.45. The molecule has 0 spiro atoms. The molecule has 0 aromatic rings. The molecule has 0 saturated heterocycles. The highest BCUT2D eigenvalue weighted by Crippen LogP contribution is 2.41. The second-order valence-electron chi connectivity index (χ2n) is 3.38. The molecule has 1 aliphatic carbocycles. The fraction of sp³-hybridized carbons (Fsp3) is 0.500. The van der Waals surface area contributed by atoms with Crippen LogP contribution in [0.5, 0.6) is 0 Å². The lowest BCUT2D eigenvalue weighted by Gasteiger charge is -2.24. The third kappa shape index (κ3) is 2.77. The number of hydrogen-bond donors (Lipinski definition) is 0. The summed E-state index contributed by atoms with van der Waals surface area (Å²) < 4.78 is 80.8. The zero-order chi connectivity index (χ0) is 15.0. The maximum absolute atomic E-state index is 13.5. The van der Waals surface area contributed by atoms with E-state index >= 15 is 0 Å². The predicted octanol–water partition coefficient (Wildman–Crippen LogP) is 3.51. The first-order valence-corrected chi connectivity index (χ1v) is 4.90. The molecular formula is C8H4ClF6NO3. The van der Waals surface area contributed by atoms with Crippen LogP contribution in [0.4, 0.5) is 26.3 Å². The minimum atomic E-state index is -4.89. The summed E-state index contributed by atoms with van der Waals surface area (Å²) in [6.07, 6.45) is -6.14. The quantitative estimate of drug-likeness (QED) is 0.262. The number of nitro groups is 1. The highest BCUT2D eigenvalue weighted by Gasteiger charge is 2.55. The Bertz CT molecular complexity index is 465. The van der Waals surface area contributed by atoms with Crippen LogP contribution in [0, 0.1) is 10.1 Å². The van der Waals surface area contributed by atoms with E-state index in [4.69, 9.17) is 0 Å². The second-order valence-corrected chi connectivity index (χ2v) is 3.76. The fourth-order valence-electron chi connectivity index (χ4n) is 1.11. The van der Waals surface area contributed by atoms with E-state index < -0.39 is 46.3 Å². The molecule has 0 fully saturated rings. The average molecular weight is 312 g/mol. The Morgan fingerprint density at radius 3 is 2.47 bits per heavy atom. The lowest BCUT2D eigenvalue weighted by atomic mass is 10.0. The lowest BCUT2D eigenvalue weighted by Crippen LogP contribution is -2.38. The maximum Gasteiger partial charge on any atom is 0.444 e. The van der Waals surface area contributed by atoms with Gasteiger partial charge in [0, 0.05) is 0 Å². The van der Waals surface area contributed by atoms with E-state index in [1.807, 2.05) is 0 Å². The first-order valence-electron chi connectivity index (χ1n) is 4.47. The number of rotatable bonds is 4. The van der Waals surface area contributed by atoms with Crippen molar-refractivity contribution in [3.05, 3.63) is 33.6 Å². The molecular weight excluding hydrogens is 308 g/mol. The normalized spacial score (nSPS) is 25.9. The summed E-state index contributed by atoms with van der Waals surface area (Å²) in [4.78, 5) is 8.51. The van der Waals surface area contributed by atoms with E-state index in [2.05, 4.69) is 16.3 Å². The van der Waals surface area contributed by atoms with Gasteiger partial charge in [-0.05, 0) is 6.08 Å². The van der Waals surface area contributed by atoms with Crippen LogP contribution in [0.2, 0.25) is 0 Å². The second kappa shape index (κ2) is 4.91. The van der Waals surface area contributed by atoms with Gasteiger partial charge in [-0.25, -0.2) is 8.78 Å². The zero-order valence-electron chi connectivity index (χ0n) is 8.68. The van der Waals surface area contributed by atoms with Gasteiger partial charge >= 0.3 is 11.9 Å². The van der Waals surface area contributed by atoms with Crippen LogP contribution < -0.4 is 0 Å². The predicted molar refractivity (Wildman–Crippen MR) is 49.6 cm³/mol.